The van der Waals surface area contributed by atoms with Crippen molar-refractivity contribution in [3.8, 4) is 11.5 Å². The van der Waals surface area contributed by atoms with Gasteiger partial charge in [0, 0.05) is 11.3 Å². The number of rotatable bonds is 7. The molecule has 0 radical (unpaired) electrons. The number of carbonyl (C=O) groups is 2. The predicted molar refractivity (Wildman–Crippen MR) is 97.1 cm³/mol. The number of ether oxygens (including phenoxy) is 3. The van der Waals surface area contributed by atoms with E-state index in [4.69, 9.17) is 14.2 Å². The van der Waals surface area contributed by atoms with Crippen LogP contribution in [0.15, 0.2) is 29.5 Å². The minimum Gasteiger partial charge on any atom is -0.493 e. The second-order valence-electron chi connectivity index (χ2n) is 6.21. The molecule has 7 nitrogen and oxygen atoms in total. The fourth-order valence-corrected chi connectivity index (χ4v) is 2.96. The van der Waals surface area contributed by atoms with Gasteiger partial charge in [-0.05, 0) is 26.3 Å². The molecule has 2 amide bonds. The molecule has 0 saturated carbocycles. The number of benzene rings is 1. The highest BCUT2D eigenvalue weighted by atomic mass is 16.5. The van der Waals surface area contributed by atoms with Crippen molar-refractivity contribution in [1.82, 2.24) is 10.6 Å². The van der Waals surface area contributed by atoms with Gasteiger partial charge in [0.15, 0.2) is 11.5 Å². The summed E-state index contributed by atoms with van der Waals surface area (Å²) in [6.45, 7) is 5.55. The lowest BCUT2D eigenvalue weighted by Crippen LogP contribution is -2.46. The second-order valence-corrected chi connectivity index (χ2v) is 6.21. The van der Waals surface area contributed by atoms with Crippen LogP contribution < -0.4 is 20.1 Å². The van der Waals surface area contributed by atoms with Crippen molar-refractivity contribution < 1.29 is 23.8 Å². The lowest BCUT2D eigenvalue weighted by Gasteiger charge is -2.30. The van der Waals surface area contributed by atoms with Crippen LogP contribution in [0.4, 0.5) is 4.79 Å². The van der Waals surface area contributed by atoms with Gasteiger partial charge < -0.3 is 24.8 Å². The van der Waals surface area contributed by atoms with Crippen molar-refractivity contribution in [2.75, 3.05) is 14.2 Å². The SMILES string of the molecule is CCCC1=C(C(=O)OC(C)C)C(c2cccc(OC)c2OC)NC(=O)N1. The number of hydrogen-bond acceptors (Lipinski definition) is 5. The number of carbonyl (C=O) groups excluding carboxylic acids is 2. The number of urea groups is 1. The monoisotopic (exact) mass is 362 g/mol. The first-order chi connectivity index (χ1) is 12.4. The average Bonchev–Trinajstić information content (AvgIpc) is 2.59. The zero-order chi connectivity index (χ0) is 19.3. The van der Waals surface area contributed by atoms with Gasteiger partial charge in [-0.15, -0.1) is 0 Å². The molecule has 0 fully saturated rings. The number of para-hydroxylation sites is 1. The number of amides is 2. The molecule has 142 valence electrons. The molecule has 2 rings (SSSR count). The van der Waals surface area contributed by atoms with Gasteiger partial charge in [-0.1, -0.05) is 25.5 Å². The first-order valence-electron chi connectivity index (χ1n) is 8.65. The number of hydrogen-bond donors (Lipinski definition) is 2. The van der Waals surface area contributed by atoms with E-state index < -0.39 is 12.0 Å². The zero-order valence-electron chi connectivity index (χ0n) is 15.8. The maximum Gasteiger partial charge on any atom is 0.338 e. The van der Waals surface area contributed by atoms with E-state index in [0.717, 1.165) is 6.42 Å². The van der Waals surface area contributed by atoms with E-state index in [1.165, 1.54) is 14.2 Å². The van der Waals surface area contributed by atoms with Crippen molar-refractivity contribution in [2.45, 2.75) is 45.8 Å². The van der Waals surface area contributed by atoms with Gasteiger partial charge in [0.25, 0.3) is 0 Å². The van der Waals surface area contributed by atoms with Gasteiger partial charge in [0.1, 0.15) is 0 Å². The Morgan fingerprint density at radius 2 is 1.96 bits per heavy atom. The van der Waals surface area contributed by atoms with E-state index in [0.29, 0.717) is 34.8 Å². The molecule has 0 aliphatic carbocycles. The molecule has 1 atom stereocenters. The summed E-state index contributed by atoms with van der Waals surface area (Å²) in [6.07, 6.45) is 1.05. The largest absolute Gasteiger partial charge is 0.493 e. The second kappa shape index (κ2) is 8.60. The third kappa shape index (κ3) is 4.09. The molecule has 0 saturated heterocycles. The highest BCUT2D eigenvalue weighted by molar-refractivity contribution is 5.95. The van der Waals surface area contributed by atoms with Crippen LogP contribution in [-0.2, 0) is 9.53 Å². The van der Waals surface area contributed by atoms with Crippen molar-refractivity contribution in [3.63, 3.8) is 0 Å². The molecule has 1 unspecified atom stereocenters. The Balaban J connectivity index is 2.61. The molecule has 0 spiro atoms. The normalized spacial score (nSPS) is 16.8. The summed E-state index contributed by atoms with van der Waals surface area (Å²) in [5.41, 5.74) is 1.58. The summed E-state index contributed by atoms with van der Waals surface area (Å²) in [6, 6.07) is 4.28. The van der Waals surface area contributed by atoms with E-state index in [1.807, 2.05) is 6.92 Å². The van der Waals surface area contributed by atoms with E-state index in [-0.39, 0.29) is 12.1 Å². The summed E-state index contributed by atoms with van der Waals surface area (Å²) in [5, 5.41) is 5.55. The van der Waals surface area contributed by atoms with Crippen molar-refractivity contribution in [3.05, 3.63) is 35.0 Å². The van der Waals surface area contributed by atoms with Crippen LogP contribution in [0.3, 0.4) is 0 Å². The van der Waals surface area contributed by atoms with Gasteiger partial charge in [-0.25, -0.2) is 9.59 Å². The molecule has 1 aliphatic heterocycles. The standard InChI is InChI=1S/C19H26N2O5/c1-6-8-13-15(18(22)26-11(2)3)16(21-19(23)20-13)12-9-7-10-14(24-4)17(12)25-5/h7,9-11,16H,6,8H2,1-5H3,(H2,20,21,23). The molecular formula is C19H26N2O5. The number of allylic oxidation sites excluding steroid dienone is 1. The molecule has 7 heteroatoms. The molecular weight excluding hydrogens is 336 g/mol. The van der Waals surface area contributed by atoms with Crippen LogP contribution in [0.25, 0.3) is 0 Å². The lowest BCUT2D eigenvalue weighted by atomic mass is 9.93. The van der Waals surface area contributed by atoms with E-state index in [1.54, 1.807) is 32.0 Å². The van der Waals surface area contributed by atoms with E-state index in [9.17, 15) is 9.59 Å². The zero-order valence-corrected chi connectivity index (χ0v) is 15.8. The fourth-order valence-electron chi connectivity index (χ4n) is 2.96. The predicted octanol–water partition coefficient (Wildman–Crippen LogP) is 3.06. The lowest BCUT2D eigenvalue weighted by molar-refractivity contribution is -0.143. The number of methoxy groups -OCH3 is 2. The van der Waals surface area contributed by atoms with Crippen LogP contribution in [0.1, 0.15) is 45.2 Å². The van der Waals surface area contributed by atoms with Crippen molar-refractivity contribution in [2.24, 2.45) is 0 Å². The van der Waals surface area contributed by atoms with Gasteiger partial charge >= 0.3 is 12.0 Å². The Kier molecular flexibility index (Phi) is 6.49. The van der Waals surface area contributed by atoms with E-state index in [2.05, 4.69) is 10.6 Å². The molecule has 1 aromatic rings. The summed E-state index contributed by atoms with van der Waals surface area (Å²) in [7, 11) is 3.06. The topological polar surface area (TPSA) is 85.9 Å². The van der Waals surface area contributed by atoms with Crippen LogP contribution in [-0.4, -0.2) is 32.3 Å². The van der Waals surface area contributed by atoms with Crippen LogP contribution in [0.5, 0.6) is 11.5 Å². The first kappa shape index (κ1) is 19.6. The summed E-state index contributed by atoms with van der Waals surface area (Å²) in [5.74, 6) is 0.519. The number of nitrogens with one attached hydrogen (secondary N) is 2. The van der Waals surface area contributed by atoms with E-state index >= 15 is 0 Å². The quantitative estimate of drug-likeness (QED) is 0.728. The maximum atomic E-state index is 12.8. The average molecular weight is 362 g/mol. The van der Waals surface area contributed by atoms with Gasteiger partial charge in [-0.3, -0.25) is 0 Å². The minimum absolute atomic E-state index is 0.275. The molecule has 26 heavy (non-hydrogen) atoms. The van der Waals surface area contributed by atoms with Crippen LogP contribution in [0, 0.1) is 0 Å². The van der Waals surface area contributed by atoms with Crippen LogP contribution in [0.2, 0.25) is 0 Å². The molecule has 2 N–H and O–H groups in total. The van der Waals surface area contributed by atoms with Gasteiger partial charge in [0.2, 0.25) is 0 Å². The van der Waals surface area contributed by atoms with Gasteiger partial charge in [-0.2, -0.15) is 0 Å². The third-order valence-electron chi connectivity index (χ3n) is 3.96. The smallest absolute Gasteiger partial charge is 0.338 e. The minimum atomic E-state index is -0.693. The molecule has 1 aromatic carbocycles. The molecule has 0 bridgehead atoms. The highest BCUT2D eigenvalue weighted by Gasteiger charge is 2.35. The summed E-state index contributed by atoms with van der Waals surface area (Å²) < 4.78 is 16.3. The van der Waals surface area contributed by atoms with Gasteiger partial charge in [0.05, 0.1) is 31.9 Å². The van der Waals surface area contributed by atoms with Crippen LogP contribution >= 0.6 is 0 Å². The Hall–Kier alpha value is -2.70. The summed E-state index contributed by atoms with van der Waals surface area (Å²) in [4.78, 5) is 25.0. The molecule has 1 heterocycles. The van der Waals surface area contributed by atoms with Crippen molar-refractivity contribution >= 4 is 12.0 Å². The Labute approximate surface area is 153 Å². The van der Waals surface area contributed by atoms with Crippen molar-refractivity contribution in [1.29, 1.82) is 0 Å². The molecule has 0 aromatic heterocycles. The Morgan fingerprint density at radius 1 is 1.23 bits per heavy atom. The number of esters is 1. The third-order valence-corrected chi connectivity index (χ3v) is 3.96. The molecule has 1 aliphatic rings. The highest BCUT2D eigenvalue weighted by Crippen LogP contribution is 2.39. The maximum absolute atomic E-state index is 12.8. The summed E-state index contributed by atoms with van der Waals surface area (Å²) >= 11 is 0. The Morgan fingerprint density at radius 3 is 2.54 bits per heavy atom. The first-order valence-corrected chi connectivity index (χ1v) is 8.65. The fraction of sp³-hybridized carbons (Fsp3) is 0.474. The Bertz CT molecular complexity index is 712.